The largest absolute Gasteiger partial charge is 0.309 e. The summed E-state index contributed by atoms with van der Waals surface area (Å²) in [6.45, 7) is 7.19. The summed E-state index contributed by atoms with van der Waals surface area (Å²) in [5.74, 6) is 0. The van der Waals surface area contributed by atoms with E-state index >= 15 is 0 Å². The van der Waals surface area contributed by atoms with Crippen molar-refractivity contribution in [2.24, 2.45) is 0 Å². The SMILES string of the molecule is CCCNC(CC)c1c(Cl)cnn1CCN(C)C. The fourth-order valence-corrected chi connectivity index (χ4v) is 2.22. The van der Waals surface area contributed by atoms with Crippen LogP contribution in [0.3, 0.4) is 0 Å². The van der Waals surface area contributed by atoms with Crippen molar-refractivity contribution in [2.45, 2.75) is 39.3 Å². The Morgan fingerprint density at radius 3 is 2.72 bits per heavy atom. The highest BCUT2D eigenvalue weighted by molar-refractivity contribution is 6.31. The summed E-state index contributed by atoms with van der Waals surface area (Å²) in [4.78, 5) is 2.15. The maximum atomic E-state index is 6.28. The summed E-state index contributed by atoms with van der Waals surface area (Å²) in [6.07, 6.45) is 3.90. The van der Waals surface area contributed by atoms with E-state index in [1.165, 1.54) is 0 Å². The molecule has 104 valence electrons. The Labute approximate surface area is 115 Å². The molecule has 1 heterocycles. The van der Waals surface area contributed by atoms with Gasteiger partial charge in [0.05, 0.1) is 29.5 Å². The summed E-state index contributed by atoms with van der Waals surface area (Å²) < 4.78 is 2.03. The van der Waals surface area contributed by atoms with Gasteiger partial charge in [0.25, 0.3) is 0 Å². The first-order valence-corrected chi connectivity index (χ1v) is 7.07. The third-order valence-corrected chi connectivity index (χ3v) is 3.26. The van der Waals surface area contributed by atoms with Crippen LogP contribution in [0.25, 0.3) is 0 Å². The quantitative estimate of drug-likeness (QED) is 0.790. The predicted molar refractivity (Wildman–Crippen MR) is 77.1 cm³/mol. The molecule has 1 N–H and O–H groups in total. The summed E-state index contributed by atoms with van der Waals surface area (Å²) in [5.41, 5.74) is 1.12. The minimum atomic E-state index is 0.294. The lowest BCUT2D eigenvalue weighted by molar-refractivity contribution is 0.361. The molecular weight excluding hydrogens is 248 g/mol. The van der Waals surface area contributed by atoms with E-state index < -0.39 is 0 Å². The molecule has 0 aliphatic carbocycles. The number of hydrogen-bond donors (Lipinski definition) is 1. The van der Waals surface area contributed by atoms with Crippen molar-refractivity contribution in [1.82, 2.24) is 20.0 Å². The van der Waals surface area contributed by atoms with Gasteiger partial charge in [-0.05, 0) is 33.5 Å². The van der Waals surface area contributed by atoms with Crippen molar-refractivity contribution in [3.8, 4) is 0 Å². The smallest absolute Gasteiger partial charge is 0.0834 e. The van der Waals surface area contributed by atoms with Gasteiger partial charge in [-0.25, -0.2) is 0 Å². The van der Waals surface area contributed by atoms with Crippen LogP contribution in [-0.2, 0) is 6.54 Å². The first kappa shape index (κ1) is 15.5. The van der Waals surface area contributed by atoms with Crippen LogP contribution in [0.15, 0.2) is 6.20 Å². The number of aromatic nitrogens is 2. The molecule has 1 aromatic heterocycles. The summed E-state index contributed by atoms with van der Waals surface area (Å²) in [5, 5.41) is 8.68. The Hall–Kier alpha value is -0.580. The zero-order chi connectivity index (χ0) is 13.5. The Morgan fingerprint density at radius 1 is 1.44 bits per heavy atom. The molecule has 4 nitrogen and oxygen atoms in total. The molecule has 1 atom stereocenters. The van der Waals surface area contributed by atoms with Crippen molar-refractivity contribution in [3.05, 3.63) is 16.9 Å². The van der Waals surface area contributed by atoms with Gasteiger partial charge in [0, 0.05) is 6.54 Å². The van der Waals surface area contributed by atoms with E-state index in [9.17, 15) is 0 Å². The van der Waals surface area contributed by atoms with E-state index in [1.807, 2.05) is 4.68 Å². The average Bonchev–Trinajstić information content (AvgIpc) is 2.70. The van der Waals surface area contributed by atoms with Crippen LogP contribution in [-0.4, -0.2) is 41.9 Å². The molecule has 0 bridgehead atoms. The third-order valence-electron chi connectivity index (χ3n) is 2.97. The molecule has 5 heteroatoms. The van der Waals surface area contributed by atoms with E-state index in [0.29, 0.717) is 6.04 Å². The monoisotopic (exact) mass is 272 g/mol. The second-order valence-corrected chi connectivity index (χ2v) is 5.23. The number of hydrogen-bond acceptors (Lipinski definition) is 3. The molecule has 18 heavy (non-hydrogen) atoms. The van der Waals surface area contributed by atoms with Gasteiger partial charge in [-0.3, -0.25) is 4.68 Å². The van der Waals surface area contributed by atoms with E-state index in [1.54, 1.807) is 6.20 Å². The van der Waals surface area contributed by atoms with Crippen molar-refractivity contribution in [1.29, 1.82) is 0 Å². The third kappa shape index (κ3) is 4.26. The second-order valence-electron chi connectivity index (χ2n) is 4.82. The van der Waals surface area contributed by atoms with Gasteiger partial charge in [0.1, 0.15) is 0 Å². The summed E-state index contributed by atoms with van der Waals surface area (Å²) >= 11 is 6.28. The molecule has 1 unspecified atom stereocenters. The zero-order valence-electron chi connectivity index (χ0n) is 11.9. The van der Waals surface area contributed by atoms with Gasteiger partial charge in [0.2, 0.25) is 0 Å². The Bertz CT molecular complexity index is 349. The average molecular weight is 273 g/mol. The number of rotatable bonds is 8. The van der Waals surface area contributed by atoms with Gasteiger partial charge < -0.3 is 10.2 Å². The zero-order valence-corrected chi connectivity index (χ0v) is 12.7. The highest BCUT2D eigenvalue weighted by atomic mass is 35.5. The Morgan fingerprint density at radius 2 is 2.17 bits per heavy atom. The summed E-state index contributed by atoms with van der Waals surface area (Å²) in [7, 11) is 4.13. The van der Waals surface area contributed by atoms with Gasteiger partial charge in [0.15, 0.2) is 0 Å². The fraction of sp³-hybridized carbons (Fsp3) is 0.769. The van der Waals surface area contributed by atoms with Gasteiger partial charge in [-0.2, -0.15) is 5.10 Å². The maximum absolute atomic E-state index is 6.28. The van der Waals surface area contributed by atoms with E-state index in [2.05, 4.69) is 43.3 Å². The van der Waals surface area contributed by atoms with Crippen molar-refractivity contribution in [2.75, 3.05) is 27.2 Å². The van der Waals surface area contributed by atoms with Crippen LogP contribution in [0.4, 0.5) is 0 Å². The van der Waals surface area contributed by atoms with Crippen LogP contribution >= 0.6 is 11.6 Å². The molecule has 0 spiro atoms. The minimum Gasteiger partial charge on any atom is -0.309 e. The van der Waals surface area contributed by atoms with Crippen LogP contribution < -0.4 is 5.32 Å². The van der Waals surface area contributed by atoms with E-state index in [-0.39, 0.29) is 0 Å². The lowest BCUT2D eigenvalue weighted by atomic mass is 10.1. The highest BCUT2D eigenvalue weighted by Gasteiger charge is 2.18. The topological polar surface area (TPSA) is 33.1 Å². The van der Waals surface area contributed by atoms with E-state index in [0.717, 1.165) is 43.2 Å². The molecule has 1 rings (SSSR count). The molecule has 0 aliphatic heterocycles. The molecule has 0 aliphatic rings. The number of nitrogens with one attached hydrogen (secondary N) is 1. The molecule has 0 saturated heterocycles. The van der Waals surface area contributed by atoms with Gasteiger partial charge >= 0.3 is 0 Å². The number of nitrogens with zero attached hydrogens (tertiary/aromatic N) is 3. The lowest BCUT2D eigenvalue weighted by Crippen LogP contribution is -2.26. The molecule has 0 radical (unpaired) electrons. The fourth-order valence-electron chi connectivity index (χ4n) is 1.94. The molecule has 0 amide bonds. The van der Waals surface area contributed by atoms with Gasteiger partial charge in [-0.1, -0.05) is 25.4 Å². The Kier molecular flexibility index (Phi) is 6.68. The standard InChI is InChI=1S/C13H25ClN4/c1-5-7-15-12(6-2)13-11(14)10-16-18(13)9-8-17(3)4/h10,12,15H,5-9H2,1-4H3. The van der Waals surface area contributed by atoms with Crippen LogP contribution in [0, 0.1) is 0 Å². The van der Waals surface area contributed by atoms with Crippen LogP contribution in [0.1, 0.15) is 38.4 Å². The molecule has 0 fully saturated rings. The normalized spacial score (nSPS) is 13.2. The maximum Gasteiger partial charge on any atom is 0.0834 e. The summed E-state index contributed by atoms with van der Waals surface area (Å²) in [6, 6.07) is 0.294. The first-order chi connectivity index (χ1) is 8.60. The van der Waals surface area contributed by atoms with Crippen LogP contribution in [0.5, 0.6) is 0 Å². The van der Waals surface area contributed by atoms with Crippen molar-refractivity contribution < 1.29 is 0 Å². The lowest BCUT2D eigenvalue weighted by Gasteiger charge is -2.20. The van der Waals surface area contributed by atoms with Crippen LogP contribution in [0.2, 0.25) is 5.02 Å². The number of likely N-dealkylation sites (N-methyl/N-ethyl adjacent to an activating group) is 1. The van der Waals surface area contributed by atoms with Crippen molar-refractivity contribution in [3.63, 3.8) is 0 Å². The van der Waals surface area contributed by atoms with Gasteiger partial charge in [-0.15, -0.1) is 0 Å². The predicted octanol–water partition coefficient (Wildman–Crippen LogP) is 2.55. The minimum absolute atomic E-state index is 0.294. The second kappa shape index (κ2) is 7.77. The number of halogens is 1. The molecular formula is C13H25ClN4. The molecule has 0 saturated carbocycles. The molecule has 0 aromatic carbocycles. The Balaban J connectivity index is 2.80. The molecule has 1 aromatic rings. The highest BCUT2D eigenvalue weighted by Crippen LogP contribution is 2.25. The first-order valence-electron chi connectivity index (χ1n) is 6.69. The van der Waals surface area contributed by atoms with Crippen molar-refractivity contribution >= 4 is 11.6 Å². The van der Waals surface area contributed by atoms with E-state index in [4.69, 9.17) is 11.6 Å².